The molecule has 0 atom stereocenters. The molecule has 0 spiro atoms. The van der Waals surface area contributed by atoms with Crippen LogP contribution in [0, 0.1) is 17.8 Å². The Hall–Kier alpha value is -0.0400. The zero-order valence-electron chi connectivity index (χ0n) is 20.5. The molecule has 4 fully saturated rings. The predicted molar refractivity (Wildman–Crippen MR) is 128 cm³/mol. The lowest BCUT2D eigenvalue weighted by Crippen LogP contribution is -2.67. The van der Waals surface area contributed by atoms with E-state index in [1.165, 1.54) is 101 Å². The molecule has 4 rings (SSSR count). The van der Waals surface area contributed by atoms with Gasteiger partial charge in [-0.3, -0.25) is 0 Å². The fraction of sp³-hybridized carbons (Fsp3) is 1.00. The summed E-state index contributed by atoms with van der Waals surface area (Å²) in [5.41, 5.74) is 0.672. The minimum atomic E-state index is 0.672. The van der Waals surface area contributed by atoms with Crippen molar-refractivity contribution in [1.29, 1.82) is 0 Å². The number of unbranched alkanes of at least 4 members (excludes halogenated alkanes) is 13. The van der Waals surface area contributed by atoms with Crippen LogP contribution >= 0.6 is 0 Å². The molecule has 4 aliphatic rings. The van der Waals surface area contributed by atoms with Crippen LogP contribution in [-0.4, -0.2) is 30.7 Å². The maximum absolute atomic E-state index is 2.59. The number of hydrogen-bond acceptors (Lipinski definition) is 0. The van der Waals surface area contributed by atoms with E-state index in [4.69, 9.17) is 0 Å². The van der Waals surface area contributed by atoms with E-state index in [1.54, 1.807) is 38.5 Å². The van der Waals surface area contributed by atoms with Crippen LogP contribution in [0.5, 0.6) is 0 Å². The van der Waals surface area contributed by atoms with E-state index in [0.29, 0.717) is 5.54 Å². The zero-order chi connectivity index (χ0) is 20.6. The first kappa shape index (κ1) is 23.6. The standard InChI is InChI=1S/C28H54N/c1-4-5-6-7-8-9-10-11-12-13-14-15-16-17-18-29(2,3)28-22-25-19-26(23-28)21-27(20-25)24-28/h25-27H,4-24H2,1-3H3/q+1. The van der Waals surface area contributed by atoms with Gasteiger partial charge in [-0.05, 0) is 49.9 Å². The molecule has 0 N–H and O–H groups in total. The Balaban J connectivity index is 1.18. The van der Waals surface area contributed by atoms with Gasteiger partial charge in [-0.2, -0.15) is 0 Å². The van der Waals surface area contributed by atoms with Gasteiger partial charge in [0, 0.05) is 19.3 Å². The summed E-state index contributed by atoms with van der Waals surface area (Å²) in [4.78, 5) is 0. The van der Waals surface area contributed by atoms with Gasteiger partial charge >= 0.3 is 0 Å². The van der Waals surface area contributed by atoms with Gasteiger partial charge < -0.3 is 4.48 Å². The fourth-order valence-electron chi connectivity index (χ4n) is 7.75. The van der Waals surface area contributed by atoms with E-state index in [0.717, 1.165) is 17.8 Å². The van der Waals surface area contributed by atoms with Gasteiger partial charge in [0.1, 0.15) is 0 Å². The van der Waals surface area contributed by atoms with Crippen molar-refractivity contribution in [1.82, 2.24) is 0 Å². The monoisotopic (exact) mass is 404 g/mol. The Kier molecular flexibility index (Phi) is 9.40. The summed E-state index contributed by atoms with van der Waals surface area (Å²) in [5, 5.41) is 0. The van der Waals surface area contributed by atoms with Crippen LogP contribution in [0.15, 0.2) is 0 Å². The van der Waals surface area contributed by atoms with Gasteiger partial charge in [0.15, 0.2) is 0 Å². The summed E-state index contributed by atoms with van der Waals surface area (Å²) in [7, 11) is 5.19. The predicted octanol–water partition coefficient (Wildman–Crippen LogP) is 8.51. The topological polar surface area (TPSA) is 0 Å². The van der Waals surface area contributed by atoms with E-state index in [1.807, 2.05) is 0 Å². The van der Waals surface area contributed by atoms with E-state index in [9.17, 15) is 0 Å². The number of rotatable bonds is 16. The van der Waals surface area contributed by atoms with Gasteiger partial charge in [-0.1, -0.05) is 84.0 Å². The second-order valence-electron chi connectivity index (χ2n) is 12.1. The smallest absolute Gasteiger partial charge is 0.0996 e. The minimum absolute atomic E-state index is 0.672. The van der Waals surface area contributed by atoms with Crippen LogP contribution in [0.4, 0.5) is 0 Å². The lowest BCUT2D eigenvalue weighted by atomic mass is 9.52. The molecule has 0 saturated heterocycles. The highest BCUT2D eigenvalue weighted by atomic mass is 15.4. The molecule has 29 heavy (non-hydrogen) atoms. The van der Waals surface area contributed by atoms with Crippen LogP contribution in [0.2, 0.25) is 0 Å². The van der Waals surface area contributed by atoms with Crippen molar-refractivity contribution in [3.63, 3.8) is 0 Å². The number of quaternary nitrogens is 1. The molecule has 1 heteroatoms. The molecule has 1 nitrogen and oxygen atoms in total. The first-order chi connectivity index (χ1) is 14.0. The van der Waals surface area contributed by atoms with Crippen molar-refractivity contribution in [3.05, 3.63) is 0 Å². The van der Waals surface area contributed by atoms with Gasteiger partial charge in [-0.15, -0.1) is 0 Å². The summed E-state index contributed by atoms with van der Waals surface area (Å²) < 4.78 is 1.34. The lowest BCUT2D eigenvalue weighted by Gasteiger charge is -2.62. The third kappa shape index (κ3) is 6.72. The Bertz CT molecular complexity index is 416. The van der Waals surface area contributed by atoms with E-state index < -0.39 is 0 Å². The maximum atomic E-state index is 2.59. The van der Waals surface area contributed by atoms with Crippen LogP contribution in [0.3, 0.4) is 0 Å². The average molecular weight is 405 g/mol. The van der Waals surface area contributed by atoms with Gasteiger partial charge in [0.05, 0.1) is 26.2 Å². The molecule has 170 valence electrons. The van der Waals surface area contributed by atoms with Crippen molar-refractivity contribution in [2.45, 2.75) is 141 Å². The molecule has 0 aromatic heterocycles. The molecular formula is C28H54N+. The minimum Gasteiger partial charge on any atom is -0.324 e. The van der Waals surface area contributed by atoms with Crippen molar-refractivity contribution in [2.75, 3.05) is 20.6 Å². The van der Waals surface area contributed by atoms with Crippen LogP contribution in [0.1, 0.15) is 135 Å². The highest BCUT2D eigenvalue weighted by Gasteiger charge is 2.58. The summed E-state index contributed by atoms with van der Waals surface area (Å²) in [6.45, 7) is 3.74. The van der Waals surface area contributed by atoms with Crippen LogP contribution < -0.4 is 0 Å². The summed E-state index contributed by atoms with van der Waals surface area (Å²) in [6, 6.07) is 0. The summed E-state index contributed by atoms with van der Waals surface area (Å²) in [5.74, 6) is 3.28. The lowest BCUT2D eigenvalue weighted by molar-refractivity contribution is -0.948. The highest BCUT2D eigenvalue weighted by Crippen LogP contribution is 2.59. The quantitative estimate of drug-likeness (QED) is 0.179. The van der Waals surface area contributed by atoms with Crippen LogP contribution in [-0.2, 0) is 0 Å². The van der Waals surface area contributed by atoms with Gasteiger partial charge in [0.2, 0.25) is 0 Å². The highest BCUT2D eigenvalue weighted by molar-refractivity contribution is 5.03. The van der Waals surface area contributed by atoms with E-state index in [-0.39, 0.29) is 0 Å². The van der Waals surface area contributed by atoms with Crippen molar-refractivity contribution >= 4 is 0 Å². The molecule has 0 unspecified atom stereocenters. The van der Waals surface area contributed by atoms with E-state index in [2.05, 4.69) is 21.0 Å². The molecule has 0 aliphatic heterocycles. The molecule has 0 amide bonds. The third-order valence-corrected chi connectivity index (χ3v) is 9.36. The Morgan fingerprint density at radius 3 is 1.28 bits per heavy atom. The van der Waals surface area contributed by atoms with Gasteiger partial charge in [0.25, 0.3) is 0 Å². The molecule has 0 aromatic rings. The summed E-state index contributed by atoms with van der Waals surface area (Å²) in [6.07, 6.45) is 30.0. The molecular weight excluding hydrogens is 350 g/mol. The number of hydrogen-bond donors (Lipinski definition) is 0. The molecule has 4 saturated carbocycles. The van der Waals surface area contributed by atoms with Crippen molar-refractivity contribution in [2.24, 2.45) is 17.8 Å². The zero-order valence-corrected chi connectivity index (χ0v) is 20.5. The Morgan fingerprint density at radius 1 is 0.552 bits per heavy atom. The average Bonchev–Trinajstić information content (AvgIpc) is 2.67. The van der Waals surface area contributed by atoms with Gasteiger partial charge in [-0.25, -0.2) is 0 Å². The van der Waals surface area contributed by atoms with Crippen LogP contribution in [0.25, 0.3) is 0 Å². The second kappa shape index (κ2) is 11.5. The normalized spacial score (nSPS) is 30.9. The second-order valence-corrected chi connectivity index (χ2v) is 12.1. The van der Waals surface area contributed by atoms with Crippen molar-refractivity contribution in [3.8, 4) is 0 Å². The SMILES string of the molecule is CCCCCCCCCCCCCCCC[N+](C)(C)C12CC3CC(CC(C3)C1)C2. The molecule has 0 aromatic carbocycles. The third-order valence-electron chi connectivity index (χ3n) is 9.36. The summed E-state index contributed by atoms with van der Waals surface area (Å²) >= 11 is 0. The molecule has 0 heterocycles. The fourth-order valence-corrected chi connectivity index (χ4v) is 7.75. The maximum Gasteiger partial charge on any atom is 0.0996 e. The molecule has 4 aliphatic carbocycles. The molecule has 0 radical (unpaired) electrons. The largest absolute Gasteiger partial charge is 0.324 e. The first-order valence-corrected chi connectivity index (χ1v) is 13.9. The van der Waals surface area contributed by atoms with E-state index >= 15 is 0 Å². The van der Waals surface area contributed by atoms with Crippen molar-refractivity contribution < 1.29 is 4.48 Å². The molecule has 4 bridgehead atoms. The first-order valence-electron chi connectivity index (χ1n) is 13.9. The number of nitrogens with zero attached hydrogens (tertiary/aromatic N) is 1. The Labute approximate surface area is 184 Å². The Morgan fingerprint density at radius 2 is 0.897 bits per heavy atom.